The third-order valence-electron chi connectivity index (χ3n) is 2.92. The van der Waals surface area contributed by atoms with E-state index < -0.39 is 0 Å². The predicted molar refractivity (Wildman–Crippen MR) is 69.0 cm³/mol. The molecule has 0 bridgehead atoms. The van der Waals surface area contributed by atoms with E-state index in [0.29, 0.717) is 6.54 Å². The van der Waals surface area contributed by atoms with Gasteiger partial charge < -0.3 is 16.0 Å². The smallest absolute Gasteiger partial charge is 0.216 e. The molecule has 4 nitrogen and oxygen atoms in total. The minimum absolute atomic E-state index is 0.0223. The molecule has 1 aromatic carbocycles. The van der Waals surface area contributed by atoms with E-state index in [-0.39, 0.29) is 5.91 Å². The van der Waals surface area contributed by atoms with Crippen LogP contribution in [-0.4, -0.2) is 25.5 Å². The van der Waals surface area contributed by atoms with Gasteiger partial charge in [0.2, 0.25) is 5.91 Å². The van der Waals surface area contributed by atoms with Crippen molar-refractivity contribution in [3.05, 3.63) is 29.3 Å². The van der Waals surface area contributed by atoms with Gasteiger partial charge in [0.05, 0.1) is 0 Å². The molecular weight excluding hydrogens is 214 g/mol. The molecule has 4 heteroatoms. The molecule has 0 spiro atoms. The average molecular weight is 233 g/mol. The fourth-order valence-corrected chi connectivity index (χ4v) is 2.11. The van der Waals surface area contributed by atoms with Crippen LogP contribution in [0.15, 0.2) is 18.2 Å². The third-order valence-corrected chi connectivity index (χ3v) is 2.92. The summed E-state index contributed by atoms with van der Waals surface area (Å²) in [5.41, 5.74) is 4.01. The van der Waals surface area contributed by atoms with Crippen LogP contribution < -0.4 is 16.0 Å². The summed E-state index contributed by atoms with van der Waals surface area (Å²) in [6.45, 7) is 4.89. The highest BCUT2D eigenvalue weighted by Gasteiger charge is 2.12. The van der Waals surface area contributed by atoms with Crippen LogP contribution in [0.3, 0.4) is 0 Å². The van der Waals surface area contributed by atoms with Gasteiger partial charge in [-0.2, -0.15) is 0 Å². The van der Waals surface area contributed by atoms with Crippen molar-refractivity contribution in [1.29, 1.82) is 0 Å². The Bertz CT molecular complexity index is 404. The molecule has 2 rings (SSSR count). The molecule has 92 valence electrons. The van der Waals surface area contributed by atoms with Gasteiger partial charge in [0.15, 0.2) is 0 Å². The van der Waals surface area contributed by atoms with Crippen molar-refractivity contribution in [2.75, 3.05) is 25.0 Å². The van der Waals surface area contributed by atoms with Crippen LogP contribution in [0.1, 0.15) is 18.1 Å². The number of fused-ring (bicyclic) bond motifs is 1. The molecule has 0 radical (unpaired) electrons. The van der Waals surface area contributed by atoms with Crippen LogP contribution in [-0.2, 0) is 17.8 Å². The number of hydrogen-bond acceptors (Lipinski definition) is 3. The van der Waals surface area contributed by atoms with E-state index in [4.69, 9.17) is 0 Å². The number of amides is 1. The van der Waals surface area contributed by atoms with Gasteiger partial charge in [-0.05, 0) is 17.5 Å². The van der Waals surface area contributed by atoms with Crippen LogP contribution in [0.5, 0.6) is 0 Å². The second-order valence-corrected chi connectivity index (χ2v) is 4.29. The van der Waals surface area contributed by atoms with Crippen LogP contribution in [0.2, 0.25) is 0 Å². The van der Waals surface area contributed by atoms with Crippen molar-refractivity contribution in [2.45, 2.75) is 19.9 Å². The van der Waals surface area contributed by atoms with Crippen molar-refractivity contribution >= 4 is 11.6 Å². The molecule has 0 saturated carbocycles. The zero-order valence-corrected chi connectivity index (χ0v) is 10.2. The number of nitrogens with one attached hydrogen (secondary N) is 3. The van der Waals surface area contributed by atoms with E-state index in [0.717, 1.165) is 26.1 Å². The van der Waals surface area contributed by atoms with Gasteiger partial charge in [-0.15, -0.1) is 0 Å². The molecule has 0 unspecified atom stereocenters. The first-order valence-electron chi connectivity index (χ1n) is 6.07. The zero-order chi connectivity index (χ0) is 12.1. The Hall–Kier alpha value is -1.55. The van der Waals surface area contributed by atoms with E-state index >= 15 is 0 Å². The summed E-state index contributed by atoms with van der Waals surface area (Å²) in [6, 6.07) is 6.43. The van der Waals surface area contributed by atoms with Gasteiger partial charge in [0, 0.05) is 38.8 Å². The highest BCUT2D eigenvalue weighted by molar-refractivity contribution is 5.72. The third kappa shape index (κ3) is 3.20. The first kappa shape index (κ1) is 11.9. The minimum atomic E-state index is 0.0223. The molecule has 3 N–H and O–H groups in total. The Labute approximate surface area is 102 Å². The number of hydrogen-bond donors (Lipinski definition) is 3. The van der Waals surface area contributed by atoms with E-state index in [2.05, 4.69) is 34.1 Å². The molecule has 0 aromatic heterocycles. The highest BCUT2D eigenvalue weighted by Crippen LogP contribution is 2.25. The van der Waals surface area contributed by atoms with Crippen LogP contribution in [0.25, 0.3) is 0 Å². The molecule has 1 aliphatic rings. The Morgan fingerprint density at radius 3 is 3.12 bits per heavy atom. The molecule has 0 aliphatic carbocycles. The summed E-state index contributed by atoms with van der Waals surface area (Å²) in [4.78, 5) is 10.7. The maximum absolute atomic E-state index is 10.7. The molecule has 0 saturated heterocycles. The monoisotopic (exact) mass is 233 g/mol. The Kier molecular flexibility index (Phi) is 3.98. The SMILES string of the molecule is CC(=O)NCCNCc1cccc2c1NCC2. The van der Waals surface area contributed by atoms with Crippen LogP contribution >= 0.6 is 0 Å². The van der Waals surface area contributed by atoms with Crippen LogP contribution in [0.4, 0.5) is 5.69 Å². The average Bonchev–Trinajstić information content (AvgIpc) is 2.77. The lowest BCUT2D eigenvalue weighted by atomic mass is 10.1. The minimum Gasteiger partial charge on any atom is -0.384 e. The van der Waals surface area contributed by atoms with Gasteiger partial charge in [-0.25, -0.2) is 0 Å². The summed E-state index contributed by atoms with van der Waals surface area (Å²) < 4.78 is 0. The van der Waals surface area contributed by atoms with E-state index in [9.17, 15) is 4.79 Å². The van der Waals surface area contributed by atoms with Crippen molar-refractivity contribution in [3.8, 4) is 0 Å². The number of para-hydroxylation sites is 1. The van der Waals surface area contributed by atoms with Crippen molar-refractivity contribution in [1.82, 2.24) is 10.6 Å². The zero-order valence-electron chi connectivity index (χ0n) is 10.2. The maximum Gasteiger partial charge on any atom is 0.216 e. The van der Waals surface area contributed by atoms with E-state index in [1.807, 2.05) is 0 Å². The number of carbonyl (C=O) groups is 1. The van der Waals surface area contributed by atoms with Gasteiger partial charge in [-0.3, -0.25) is 4.79 Å². The molecule has 17 heavy (non-hydrogen) atoms. The summed E-state index contributed by atoms with van der Waals surface area (Å²) in [5, 5.41) is 9.52. The molecule has 1 aliphatic heterocycles. The molecule has 1 amide bonds. The topological polar surface area (TPSA) is 53.2 Å². The summed E-state index contributed by atoms with van der Waals surface area (Å²) >= 11 is 0. The normalized spacial score (nSPS) is 13.0. The van der Waals surface area contributed by atoms with Gasteiger partial charge in [-0.1, -0.05) is 18.2 Å². The van der Waals surface area contributed by atoms with Gasteiger partial charge in [0.1, 0.15) is 0 Å². The summed E-state index contributed by atoms with van der Waals surface area (Å²) in [7, 11) is 0. The fraction of sp³-hybridized carbons (Fsp3) is 0.462. The highest BCUT2D eigenvalue weighted by atomic mass is 16.1. The second kappa shape index (κ2) is 5.68. The van der Waals surface area contributed by atoms with Crippen molar-refractivity contribution < 1.29 is 4.79 Å². The second-order valence-electron chi connectivity index (χ2n) is 4.29. The lowest BCUT2D eigenvalue weighted by Crippen LogP contribution is -2.30. The summed E-state index contributed by atoms with van der Waals surface area (Å²) in [5.74, 6) is 0.0223. The van der Waals surface area contributed by atoms with E-state index in [1.54, 1.807) is 0 Å². The standard InChI is InChI=1S/C13H19N3O/c1-10(17)15-8-7-14-9-12-4-2-3-11-5-6-16-13(11)12/h2-4,14,16H,5-9H2,1H3,(H,15,17). The Morgan fingerprint density at radius 1 is 1.41 bits per heavy atom. The van der Waals surface area contributed by atoms with Crippen LogP contribution in [0, 0.1) is 0 Å². The van der Waals surface area contributed by atoms with Crippen molar-refractivity contribution in [2.24, 2.45) is 0 Å². The molecule has 0 atom stereocenters. The first-order valence-corrected chi connectivity index (χ1v) is 6.07. The summed E-state index contributed by atoms with van der Waals surface area (Å²) in [6.07, 6.45) is 1.12. The number of rotatable bonds is 5. The molecule has 0 fully saturated rings. The largest absolute Gasteiger partial charge is 0.384 e. The first-order chi connectivity index (χ1) is 8.27. The van der Waals surface area contributed by atoms with Crippen molar-refractivity contribution in [3.63, 3.8) is 0 Å². The maximum atomic E-state index is 10.7. The quantitative estimate of drug-likeness (QED) is 0.662. The Morgan fingerprint density at radius 2 is 2.29 bits per heavy atom. The number of carbonyl (C=O) groups excluding carboxylic acids is 1. The molecule has 1 heterocycles. The molecular formula is C13H19N3O. The Balaban J connectivity index is 1.80. The lowest BCUT2D eigenvalue weighted by molar-refractivity contribution is -0.118. The number of anilines is 1. The lowest BCUT2D eigenvalue weighted by Gasteiger charge is -2.10. The predicted octanol–water partition coefficient (Wildman–Crippen LogP) is 0.880. The van der Waals surface area contributed by atoms with Gasteiger partial charge >= 0.3 is 0 Å². The number of benzene rings is 1. The van der Waals surface area contributed by atoms with E-state index in [1.165, 1.54) is 23.7 Å². The van der Waals surface area contributed by atoms with Gasteiger partial charge in [0.25, 0.3) is 0 Å². The molecule has 1 aromatic rings. The fourth-order valence-electron chi connectivity index (χ4n) is 2.11.